The highest BCUT2D eigenvalue weighted by Gasteiger charge is 2.05. The van der Waals surface area contributed by atoms with E-state index in [0.717, 1.165) is 12.1 Å². The van der Waals surface area contributed by atoms with Crippen molar-refractivity contribution in [2.75, 3.05) is 10.6 Å². The van der Waals surface area contributed by atoms with Crippen molar-refractivity contribution >= 4 is 28.7 Å². The van der Waals surface area contributed by atoms with Gasteiger partial charge < -0.3 is 15.4 Å². The molecule has 1 atom stereocenters. The van der Waals surface area contributed by atoms with Crippen LogP contribution in [0.2, 0.25) is 0 Å². The summed E-state index contributed by atoms with van der Waals surface area (Å²) in [5.41, 5.74) is 2.86. The molecule has 0 saturated carbocycles. The van der Waals surface area contributed by atoms with Gasteiger partial charge >= 0.3 is 6.61 Å². The Kier molecular flexibility index (Phi) is 6.49. The molecule has 0 aromatic heterocycles. The summed E-state index contributed by atoms with van der Waals surface area (Å²) >= 11 is 5.25. The molecule has 2 aromatic carbocycles. The number of thiocarbonyl (C=S) groups is 1. The Balaban J connectivity index is 1.90. The minimum absolute atomic E-state index is 0.107. The standard InChI is InChI=1S/C18H20F2N2OS/c1-3-12(2)13-4-6-14(7-5-13)21-18(24)22-15-8-10-16(11-9-15)23-17(19)20/h4-12,17H,3H2,1-2H3,(H2,21,22,24)/t12-/m0/s1. The Labute approximate surface area is 146 Å². The average molecular weight is 350 g/mol. The van der Waals surface area contributed by atoms with Gasteiger partial charge in [-0.15, -0.1) is 0 Å². The van der Waals surface area contributed by atoms with E-state index < -0.39 is 6.61 Å². The topological polar surface area (TPSA) is 33.3 Å². The summed E-state index contributed by atoms with van der Waals surface area (Å²) in [4.78, 5) is 0. The first kappa shape index (κ1) is 18.1. The molecule has 0 aliphatic rings. The summed E-state index contributed by atoms with van der Waals surface area (Å²) in [5.74, 6) is 0.633. The molecule has 0 amide bonds. The average Bonchev–Trinajstić information content (AvgIpc) is 2.56. The van der Waals surface area contributed by atoms with Crippen LogP contribution in [0.4, 0.5) is 20.2 Å². The zero-order valence-corrected chi connectivity index (χ0v) is 14.4. The monoisotopic (exact) mass is 350 g/mol. The van der Waals surface area contributed by atoms with Crippen LogP contribution in [0, 0.1) is 0 Å². The van der Waals surface area contributed by atoms with Gasteiger partial charge in [0.25, 0.3) is 0 Å². The molecule has 2 aromatic rings. The zero-order valence-electron chi connectivity index (χ0n) is 13.6. The van der Waals surface area contributed by atoms with Gasteiger partial charge in [0.2, 0.25) is 0 Å². The second-order valence-electron chi connectivity index (χ2n) is 5.41. The lowest BCUT2D eigenvalue weighted by Gasteiger charge is -2.13. The van der Waals surface area contributed by atoms with Crippen molar-refractivity contribution in [2.24, 2.45) is 0 Å². The molecule has 128 valence electrons. The molecule has 0 aliphatic heterocycles. The van der Waals surface area contributed by atoms with E-state index in [1.54, 1.807) is 12.1 Å². The van der Waals surface area contributed by atoms with Crippen LogP contribution in [0.15, 0.2) is 48.5 Å². The van der Waals surface area contributed by atoms with Crippen LogP contribution < -0.4 is 15.4 Å². The lowest BCUT2D eigenvalue weighted by atomic mass is 9.99. The molecule has 0 unspecified atom stereocenters. The third-order valence-corrected chi connectivity index (χ3v) is 3.89. The van der Waals surface area contributed by atoms with Crippen LogP contribution in [-0.2, 0) is 0 Å². The molecular formula is C18H20F2N2OS. The molecule has 2 rings (SSSR count). The molecule has 0 saturated heterocycles. The molecule has 0 radical (unpaired) electrons. The number of ether oxygens (including phenoxy) is 1. The maximum atomic E-state index is 12.1. The Morgan fingerprint density at radius 2 is 1.50 bits per heavy atom. The van der Waals surface area contributed by atoms with Gasteiger partial charge in [0.1, 0.15) is 5.75 Å². The fraction of sp³-hybridized carbons (Fsp3) is 0.278. The van der Waals surface area contributed by atoms with Gasteiger partial charge in [0.05, 0.1) is 0 Å². The van der Waals surface area contributed by atoms with E-state index in [4.69, 9.17) is 12.2 Å². The SMILES string of the molecule is CC[C@H](C)c1ccc(NC(=S)Nc2ccc(OC(F)F)cc2)cc1. The molecule has 6 heteroatoms. The van der Waals surface area contributed by atoms with Crippen LogP contribution in [-0.4, -0.2) is 11.7 Å². The van der Waals surface area contributed by atoms with Gasteiger partial charge in [-0.25, -0.2) is 0 Å². The van der Waals surface area contributed by atoms with Crippen molar-refractivity contribution < 1.29 is 13.5 Å². The van der Waals surface area contributed by atoms with Crippen LogP contribution in [0.3, 0.4) is 0 Å². The van der Waals surface area contributed by atoms with Crippen LogP contribution in [0.25, 0.3) is 0 Å². The fourth-order valence-electron chi connectivity index (χ4n) is 2.14. The Hall–Kier alpha value is -2.21. The van der Waals surface area contributed by atoms with Crippen molar-refractivity contribution in [3.8, 4) is 5.75 Å². The van der Waals surface area contributed by atoms with Crippen molar-refractivity contribution in [1.29, 1.82) is 0 Å². The van der Waals surface area contributed by atoms with E-state index in [-0.39, 0.29) is 5.75 Å². The number of hydrogen-bond acceptors (Lipinski definition) is 2. The number of halogens is 2. The van der Waals surface area contributed by atoms with E-state index in [0.29, 0.717) is 16.7 Å². The summed E-state index contributed by atoms with van der Waals surface area (Å²) in [6.45, 7) is 1.52. The molecule has 2 N–H and O–H groups in total. The Morgan fingerprint density at radius 1 is 1.00 bits per heavy atom. The second kappa shape index (κ2) is 8.59. The first-order chi connectivity index (χ1) is 11.5. The van der Waals surface area contributed by atoms with Gasteiger partial charge in [-0.05, 0) is 66.5 Å². The van der Waals surface area contributed by atoms with Crippen LogP contribution in [0.1, 0.15) is 31.7 Å². The molecular weight excluding hydrogens is 330 g/mol. The van der Waals surface area contributed by atoms with Gasteiger partial charge in [-0.2, -0.15) is 8.78 Å². The number of benzene rings is 2. The Bertz CT molecular complexity index is 660. The number of rotatable bonds is 6. The minimum atomic E-state index is -2.83. The lowest BCUT2D eigenvalue weighted by Crippen LogP contribution is -2.19. The predicted molar refractivity (Wildman–Crippen MR) is 98.1 cm³/mol. The number of nitrogens with one attached hydrogen (secondary N) is 2. The van der Waals surface area contributed by atoms with Crippen LogP contribution >= 0.6 is 12.2 Å². The normalized spacial score (nSPS) is 11.9. The first-order valence-electron chi connectivity index (χ1n) is 7.70. The number of anilines is 2. The van der Waals surface area contributed by atoms with Crippen LogP contribution in [0.5, 0.6) is 5.75 Å². The third-order valence-electron chi connectivity index (χ3n) is 3.69. The highest BCUT2D eigenvalue weighted by Crippen LogP contribution is 2.21. The molecule has 24 heavy (non-hydrogen) atoms. The molecule has 0 fully saturated rings. The fourth-order valence-corrected chi connectivity index (χ4v) is 2.38. The summed E-state index contributed by atoms with van der Waals surface area (Å²) in [6, 6.07) is 14.3. The van der Waals surface area contributed by atoms with Crippen molar-refractivity contribution in [3.63, 3.8) is 0 Å². The summed E-state index contributed by atoms with van der Waals surface area (Å²) < 4.78 is 28.5. The van der Waals surface area contributed by atoms with Crippen molar-refractivity contribution in [1.82, 2.24) is 0 Å². The largest absolute Gasteiger partial charge is 0.435 e. The molecule has 3 nitrogen and oxygen atoms in total. The van der Waals surface area contributed by atoms with E-state index >= 15 is 0 Å². The zero-order chi connectivity index (χ0) is 17.5. The smallest absolute Gasteiger partial charge is 0.387 e. The third kappa shape index (κ3) is 5.45. The van der Waals surface area contributed by atoms with E-state index in [2.05, 4.69) is 41.4 Å². The summed E-state index contributed by atoms with van der Waals surface area (Å²) in [5, 5.41) is 6.51. The number of hydrogen-bond donors (Lipinski definition) is 2. The van der Waals surface area contributed by atoms with E-state index in [1.807, 2.05) is 12.1 Å². The predicted octanol–water partition coefficient (Wildman–Crippen LogP) is 5.61. The maximum absolute atomic E-state index is 12.1. The minimum Gasteiger partial charge on any atom is -0.435 e. The van der Waals surface area contributed by atoms with E-state index in [9.17, 15) is 8.78 Å². The van der Waals surface area contributed by atoms with Gasteiger partial charge in [0.15, 0.2) is 5.11 Å². The molecule has 0 spiro atoms. The first-order valence-corrected chi connectivity index (χ1v) is 8.11. The highest BCUT2D eigenvalue weighted by molar-refractivity contribution is 7.80. The maximum Gasteiger partial charge on any atom is 0.387 e. The molecule has 0 heterocycles. The summed E-state index contributed by atoms with van der Waals surface area (Å²) in [6.07, 6.45) is 1.10. The van der Waals surface area contributed by atoms with Gasteiger partial charge in [0, 0.05) is 11.4 Å². The summed E-state index contributed by atoms with van der Waals surface area (Å²) in [7, 11) is 0. The van der Waals surface area contributed by atoms with Gasteiger partial charge in [-0.3, -0.25) is 0 Å². The van der Waals surface area contributed by atoms with Crippen molar-refractivity contribution in [3.05, 3.63) is 54.1 Å². The quantitative estimate of drug-likeness (QED) is 0.663. The molecule has 0 bridgehead atoms. The van der Waals surface area contributed by atoms with Gasteiger partial charge in [-0.1, -0.05) is 26.0 Å². The van der Waals surface area contributed by atoms with Crippen molar-refractivity contribution in [2.45, 2.75) is 32.8 Å². The Morgan fingerprint density at radius 3 is 1.96 bits per heavy atom. The second-order valence-corrected chi connectivity index (χ2v) is 5.82. The van der Waals surface area contributed by atoms with E-state index in [1.165, 1.54) is 17.7 Å². The number of alkyl halides is 2. The molecule has 0 aliphatic carbocycles. The highest BCUT2D eigenvalue weighted by atomic mass is 32.1. The lowest BCUT2D eigenvalue weighted by molar-refractivity contribution is -0.0498.